The number of halogens is 2. The molecule has 1 N–H and O–H groups in total. The molecule has 0 aromatic carbocycles. The first kappa shape index (κ1) is 16.1. The number of hydrogen-bond acceptors (Lipinski definition) is 3. The Kier molecular flexibility index (Phi) is 5.18. The monoisotopic (exact) mass is 289 g/mol. The molecule has 1 aliphatic rings. The van der Waals surface area contributed by atoms with Crippen LogP contribution in [-0.2, 0) is 14.4 Å². The van der Waals surface area contributed by atoms with Gasteiger partial charge in [-0.15, -0.1) is 0 Å². The number of carbonyl (C=O) groups is 3. The molecule has 1 rings (SSSR count). The number of nitrogens with one attached hydrogen (secondary N) is 1. The molecule has 0 radical (unpaired) electrons. The van der Waals surface area contributed by atoms with Crippen molar-refractivity contribution >= 4 is 17.7 Å². The Morgan fingerprint density at radius 3 is 2.80 bits per heavy atom. The van der Waals surface area contributed by atoms with Crippen LogP contribution in [0.25, 0.3) is 0 Å². The molecule has 20 heavy (non-hydrogen) atoms. The van der Waals surface area contributed by atoms with E-state index >= 15 is 0 Å². The lowest BCUT2D eigenvalue weighted by atomic mass is 10.2. The number of likely N-dealkylation sites (N-methyl/N-ethyl adjacent to an activating group) is 1. The number of rotatable bonds is 3. The Morgan fingerprint density at radius 1 is 1.55 bits per heavy atom. The van der Waals surface area contributed by atoms with Crippen molar-refractivity contribution in [2.75, 3.05) is 33.2 Å². The van der Waals surface area contributed by atoms with Gasteiger partial charge in [0.05, 0.1) is 13.1 Å². The van der Waals surface area contributed by atoms with Gasteiger partial charge in [0.1, 0.15) is 0 Å². The lowest BCUT2D eigenvalue weighted by Gasteiger charge is -2.30. The predicted octanol–water partition coefficient (Wildman–Crippen LogP) is -0.385. The molecule has 112 valence electrons. The zero-order valence-electron chi connectivity index (χ0n) is 11.2. The quantitative estimate of drug-likeness (QED) is 0.720. The summed E-state index contributed by atoms with van der Waals surface area (Å²) in [6.07, 6.45) is 1.41. The van der Waals surface area contributed by atoms with Gasteiger partial charge in [-0.05, 0) is 12.5 Å². The smallest absolute Gasteiger partial charge is 0.341 e. The summed E-state index contributed by atoms with van der Waals surface area (Å²) >= 11 is 0. The summed E-state index contributed by atoms with van der Waals surface area (Å²) in [5.41, 5.74) is 0. The maximum Gasteiger partial charge on any atom is 0.341 e. The van der Waals surface area contributed by atoms with Gasteiger partial charge in [-0.1, -0.05) is 6.58 Å². The van der Waals surface area contributed by atoms with Crippen LogP contribution in [0.3, 0.4) is 0 Å². The van der Waals surface area contributed by atoms with Crippen LogP contribution in [0.5, 0.6) is 0 Å². The van der Waals surface area contributed by atoms with Gasteiger partial charge in [0, 0.05) is 20.1 Å². The minimum atomic E-state index is -3.63. The Hall–Kier alpha value is -1.99. The molecule has 6 nitrogen and oxygen atoms in total. The van der Waals surface area contributed by atoms with Gasteiger partial charge in [-0.25, -0.2) is 0 Å². The van der Waals surface area contributed by atoms with Crippen LogP contribution in [-0.4, -0.2) is 66.7 Å². The lowest BCUT2D eigenvalue weighted by molar-refractivity contribution is -0.154. The number of nitrogens with zero attached hydrogens (tertiary/aromatic N) is 2. The SMILES string of the molecule is C=CC(=O)N(C)CC(=O)N1CCCNC(=O)C(F)(F)C1. The minimum absolute atomic E-state index is 0.0830. The fraction of sp³-hybridized carbons (Fsp3) is 0.583. The molecule has 0 atom stereocenters. The molecule has 1 heterocycles. The van der Waals surface area contributed by atoms with Crippen molar-refractivity contribution < 1.29 is 23.2 Å². The molecule has 0 bridgehead atoms. The molecule has 0 aromatic heterocycles. The van der Waals surface area contributed by atoms with Crippen LogP contribution in [0.2, 0.25) is 0 Å². The van der Waals surface area contributed by atoms with E-state index in [1.165, 1.54) is 7.05 Å². The highest BCUT2D eigenvalue weighted by Gasteiger charge is 2.42. The van der Waals surface area contributed by atoms with Crippen molar-refractivity contribution in [3.63, 3.8) is 0 Å². The normalized spacial score (nSPS) is 18.6. The van der Waals surface area contributed by atoms with E-state index in [9.17, 15) is 23.2 Å². The van der Waals surface area contributed by atoms with E-state index in [0.717, 1.165) is 15.9 Å². The summed E-state index contributed by atoms with van der Waals surface area (Å²) in [4.78, 5) is 36.3. The highest BCUT2D eigenvalue weighted by Crippen LogP contribution is 2.17. The highest BCUT2D eigenvalue weighted by atomic mass is 19.3. The van der Waals surface area contributed by atoms with E-state index in [1.807, 2.05) is 0 Å². The van der Waals surface area contributed by atoms with Gasteiger partial charge in [0.25, 0.3) is 5.91 Å². The van der Waals surface area contributed by atoms with E-state index in [-0.39, 0.29) is 19.6 Å². The molecule has 0 unspecified atom stereocenters. The van der Waals surface area contributed by atoms with Crippen molar-refractivity contribution in [1.29, 1.82) is 0 Å². The Labute approximate surface area is 115 Å². The van der Waals surface area contributed by atoms with Crippen molar-refractivity contribution in [1.82, 2.24) is 15.1 Å². The Bertz CT molecular complexity index is 426. The summed E-state index contributed by atoms with van der Waals surface area (Å²) in [6.45, 7) is 2.15. The fourth-order valence-corrected chi connectivity index (χ4v) is 1.74. The summed E-state index contributed by atoms with van der Waals surface area (Å²) in [5.74, 6) is -6.12. The third-order valence-electron chi connectivity index (χ3n) is 2.89. The predicted molar refractivity (Wildman–Crippen MR) is 67.0 cm³/mol. The standard InChI is InChI=1S/C12H17F2N3O3/c1-3-9(18)16(2)7-10(19)17-6-4-5-15-11(20)12(13,14)8-17/h3H,1,4-8H2,2H3,(H,15,20). The van der Waals surface area contributed by atoms with Crippen LogP contribution >= 0.6 is 0 Å². The van der Waals surface area contributed by atoms with Crippen molar-refractivity contribution in [3.05, 3.63) is 12.7 Å². The van der Waals surface area contributed by atoms with Gasteiger partial charge in [0.2, 0.25) is 11.8 Å². The third kappa shape index (κ3) is 4.01. The third-order valence-corrected chi connectivity index (χ3v) is 2.89. The Morgan fingerprint density at radius 2 is 2.20 bits per heavy atom. The lowest BCUT2D eigenvalue weighted by Crippen LogP contribution is -2.54. The summed E-state index contributed by atoms with van der Waals surface area (Å²) in [6, 6.07) is 0. The first-order chi connectivity index (χ1) is 9.27. The number of hydrogen-bond donors (Lipinski definition) is 1. The van der Waals surface area contributed by atoms with E-state index in [1.54, 1.807) is 0 Å². The molecular formula is C12H17F2N3O3. The molecule has 3 amide bonds. The second-order valence-corrected chi connectivity index (χ2v) is 4.53. The second kappa shape index (κ2) is 6.44. The molecule has 1 aliphatic heterocycles. The summed E-state index contributed by atoms with van der Waals surface area (Å²) < 4.78 is 27.0. The number of carbonyl (C=O) groups excluding carboxylic acids is 3. The van der Waals surface area contributed by atoms with Crippen LogP contribution in [0.4, 0.5) is 8.78 Å². The first-order valence-corrected chi connectivity index (χ1v) is 6.09. The summed E-state index contributed by atoms with van der Waals surface area (Å²) in [7, 11) is 1.37. The van der Waals surface area contributed by atoms with Crippen molar-refractivity contribution in [2.24, 2.45) is 0 Å². The maximum atomic E-state index is 13.5. The second-order valence-electron chi connectivity index (χ2n) is 4.53. The van der Waals surface area contributed by atoms with E-state index in [4.69, 9.17) is 0 Å². The van der Waals surface area contributed by atoms with Gasteiger partial charge in [-0.2, -0.15) is 8.78 Å². The minimum Gasteiger partial charge on any atom is -0.351 e. The number of alkyl halides is 2. The average Bonchev–Trinajstić information content (AvgIpc) is 2.38. The van der Waals surface area contributed by atoms with Crippen LogP contribution in [0, 0.1) is 0 Å². The van der Waals surface area contributed by atoms with E-state index in [0.29, 0.717) is 6.42 Å². The van der Waals surface area contributed by atoms with Gasteiger partial charge in [0.15, 0.2) is 0 Å². The largest absolute Gasteiger partial charge is 0.351 e. The average molecular weight is 289 g/mol. The van der Waals surface area contributed by atoms with Gasteiger partial charge < -0.3 is 15.1 Å². The molecule has 1 saturated heterocycles. The highest BCUT2D eigenvalue weighted by molar-refractivity contribution is 5.91. The van der Waals surface area contributed by atoms with E-state index < -0.39 is 30.2 Å². The molecule has 0 aromatic rings. The zero-order valence-corrected chi connectivity index (χ0v) is 11.2. The van der Waals surface area contributed by atoms with E-state index in [2.05, 4.69) is 11.9 Å². The fourth-order valence-electron chi connectivity index (χ4n) is 1.74. The maximum absolute atomic E-state index is 13.5. The van der Waals surface area contributed by atoms with Crippen molar-refractivity contribution in [2.45, 2.75) is 12.3 Å². The van der Waals surface area contributed by atoms with Crippen LogP contribution in [0.15, 0.2) is 12.7 Å². The molecule has 1 fully saturated rings. The molecule has 0 aliphatic carbocycles. The van der Waals surface area contributed by atoms with Crippen molar-refractivity contribution in [3.8, 4) is 0 Å². The van der Waals surface area contributed by atoms with Crippen LogP contribution < -0.4 is 5.32 Å². The Balaban J connectivity index is 2.72. The van der Waals surface area contributed by atoms with Gasteiger partial charge in [-0.3, -0.25) is 14.4 Å². The molecular weight excluding hydrogens is 272 g/mol. The molecule has 0 spiro atoms. The first-order valence-electron chi connectivity index (χ1n) is 6.09. The number of amides is 3. The molecule has 0 saturated carbocycles. The summed E-state index contributed by atoms with van der Waals surface area (Å²) in [5, 5.41) is 2.10. The topological polar surface area (TPSA) is 69.7 Å². The van der Waals surface area contributed by atoms with Crippen LogP contribution in [0.1, 0.15) is 6.42 Å². The van der Waals surface area contributed by atoms with Gasteiger partial charge >= 0.3 is 5.92 Å². The zero-order chi connectivity index (χ0) is 15.3. The molecule has 8 heteroatoms.